The molecule has 0 aliphatic carbocycles. The second-order valence-corrected chi connectivity index (χ2v) is 6.42. The summed E-state index contributed by atoms with van der Waals surface area (Å²) in [5.74, 6) is 0.752. The number of anilines is 1. The standard InChI is InChI=1S/C19H19N5O3/c25-17(23-11-9-22(10-12-23)16-7-3-4-8-20-16)13-24-15-6-2-1-5-14(15)18(26)21-19(24)27/h1-8H,9-13H2,(H,21,26,27). The Hall–Kier alpha value is -3.42. The molecule has 0 spiro atoms. The molecule has 0 bridgehead atoms. The summed E-state index contributed by atoms with van der Waals surface area (Å²) >= 11 is 0. The van der Waals surface area contributed by atoms with Gasteiger partial charge in [-0.05, 0) is 24.3 Å². The van der Waals surface area contributed by atoms with Crippen molar-refractivity contribution in [1.29, 1.82) is 0 Å². The first-order valence-electron chi connectivity index (χ1n) is 8.79. The molecule has 0 atom stereocenters. The van der Waals surface area contributed by atoms with Crippen LogP contribution in [0.2, 0.25) is 0 Å². The van der Waals surface area contributed by atoms with Gasteiger partial charge in [-0.15, -0.1) is 0 Å². The first-order chi connectivity index (χ1) is 13.1. The largest absolute Gasteiger partial charge is 0.353 e. The van der Waals surface area contributed by atoms with E-state index < -0.39 is 11.2 Å². The number of carbonyl (C=O) groups is 1. The third-order valence-electron chi connectivity index (χ3n) is 4.80. The van der Waals surface area contributed by atoms with E-state index in [1.165, 1.54) is 4.57 Å². The lowest BCUT2D eigenvalue weighted by atomic mass is 10.2. The average molecular weight is 365 g/mol. The molecular formula is C19H19N5O3. The van der Waals surface area contributed by atoms with Gasteiger partial charge in [0.2, 0.25) is 5.91 Å². The predicted molar refractivity (Wildman–Crippen MR) is 102 cm³/mol. The molecule has 1 aromatic carbocycles. The Morgan fingerprint density at radius 2 is 1.74 bits per heavy atom. The Labute approximate surface area is 154 Å². The highest BCUT2D eigenvalue weighted by Gasteiger charge is 2.22. The Morgan fingerprint density at radius 3 is 2.48 bits per heavy atom. The monoisotopic (exact) mass is 365 g/mol. The molecule has 8 heteroatoms. The van der Waals surface area contributed by atoms with Crippen LogP contribution in [0.3, 0.4) is 0 Å². The minimum absolute atomic E-state index is 0.0975. The zero-order valence-corrected chi connectivity index (χ0v) is 14.7. The van der Waals surface area contributed by atoms with Gasteiger partial charge in [-0.2, -0.15) is 0 Å². The van der Waals surface area contributed by atoms with Crippen LogP contribution in [0.1, 0.15) is 0 Å². The summed E-state index contributed by atoms with van der Waals surface area (Å²) in [6.45, 7) is 2.39. The highest BCUT2D eigenvalue weighted by atomic mass is 16.2. The molecule has 4 rings (SSSR count). The Bertz CT molecular complexity index is 1080. The highest BCUT2D eigenvalue weighted by Crippen LogP contribution is 2.13. The molecule has 2 aromatic heterocycles. The molecule has 27 heavy (non-hydrogen) atoms. The number of nitrogens with one attached hydrogen (secondary N) is 1. The molecule has 1 aliphatic heterocycles. The molecule has 1 amide bonds. The quantitative estimate of drug-likeness (QED) is 0.727. The Morgan fingerprint density at radius 1 is 1.00 bits per heavy atom. The van der Waals surface area contributed by atoms with Crippen molar-refractivity contribution in [2.75, 3.05) is 31.1 Å². The smallest absolute Gasteiger partial charge is 0.329 e. The van der Waals surface area contributed by atoms with Crippen molar-refractivity contribution in [3.8, 4) is 0 Å². The van der Waals surface area contributed by atoms with E-state index in [2.05, 4.69) is 14.9 Å². The molecule has 0 saturated carbocycles. The number of fused-ring (bicyclic) bond motifs is 1. The van der Waals surface area contributed by atoms with Gasteiger partial charge in [-0.25, -0.2) is 9.78 Å². The van der Waals surface area contributed by atoms with E-state index in [0.29, 0.717) is 37.1 Å². The third-order valence-corrected chi connectivity index (χ3v) is 4.80. The number of pyridine rings is 1. The average Bonchev–Trinajstić information content (AvgIpc) is 2.72. The molecule has 1 saturated heterocycles. The van der Waals surface area contributed by atoms with E-state index >= 15 is 0 Å². The molecular weight excluding hydrogens is 346 g/mol. The van der Waals surface area contributed by atoms with Gasteiger partial charge < -0.3 is 9.80 Å². The summed E-state index contributed by atoms with van der Waals surface area (Å²) < 4.78 is 1.32. The topological polar surface area (TPSA) is 91.3 Å². The number of carbonyl (C=O) groups excluding carboxylic acids is 1. The van der Waals surface area contributed by atoms with Crippen molar-refractivity contribution in [3.63, 3.8) is 0 Å². The van der Waals surface area contributed by atoms with E-state index in [1.54, 1.807) is 35.4 Å². The summed E-state index contributed by atoms with van der Waals surface area (Å²) in [4.78, 5) is 47.4. The number of nitrogens with zero attached hydrogens (tertiary/aromatic N) is 4. The summed E-state index contributed by atoms with van der Waals surface area (Å²) in [5.41, 5.74) is -0.547. The number of para-hydroxylation sites is 1. The van der Waals surface area contributed by atoms with Crippen LogP contribution in [0.4, 0.5) is 5.82 Å². The van der Waals surface area contributed by atoms with Crippen molar-refractivity contribution in [2.45, 2.75) is 6.54 Å². The number of amides is 1. The van der Waals surface area contributed by atoms with Crippen LogP contribution in [-0.2, 0) is 11.3 Å². The van der Waals surface area contributed by atoms with Gasteiger partial charge in [-0.1, -0.05) is 18.2 Å². The number of aromatic nitrogens is 3. The van der Waals surface area contributed by atoms with Gasteiger partial charge in [0.25, 0.3) is 5.56 Å². The van der Waals surface area contributed by atoms with E-state index in [9.17, 15) is 14.4 Å². The number of hydrogen-bond acceptors (Lipinski definition) is 5. The fourth-order valence-electron chi connectivity index (χ4n) is 3.36. The zero-order valence-electron chi connectivity index (χ0n) is 14.7. The fourth-order valence-corrected chi connectivity index (χ4v) is 3.36. The zero-order chi connectivity index (χ0) is 18.8. The maximum Gasteiger partial charge on any atom is 0.329 e. The highest BCUT2D eigenvalue weighted by molar-refractivity contribution is 5.81. The molecule has 0 unspecified atom stereocenters. The number of H-pyrrole nitrogens is 1. The molecule has 0 radical (unpaired) electrons. The number of benzene rings is 1. The van der Waals surface area contributed by atoms with Crippen molar-refractivity contribution in [3.05, 3.63) is 69.5 Å². The van der Waals surface area contributed by atoms with Crippen LogP contribution in [-0.4, -0.2) is 51.5 Å². The van der Waals surface area contributed by atoms with Crippen LogP contribution in [0.15, 0.2) is 58.3 Å². The number of hydrogen-bond donors (Lipinski definition) is 1. The van der Waals surface area contributed by atoms with Crippen LogP contribution in [0, 0.1) is 0 Å². The molecule has 1 N–H and O–H groups in total. The number of rotatable bonds is 3. The third kappa shape index (κ3) is 3.33. The van der Waals surface area contributed by atoms with Crippen molar-refractivity contribution in [2.24, 2.45) is 0 Å². The van der Waals surface area contributed by atoms with E-state index in [-0.39, 0.29) is 12.5 Å². The lowest BCUT2D eigenvalue weighted by molar-refractivity contribution is -0.132. The summed E-state index contributed by atoms with van der Waals surface area (Å²) in [7, 11) is 0. The Balaban J connectivity index is 1.50. The first kappa shape index (κ1) is 17.0. The van der Waals surface area contributed by atoms with E-state index in [4.69, 9.17) is 0 Å². The summed E-state index contributed by atoms with van der Waals surface area (Å²) in [5, 5.41) is 0.393. The van der Waals surface area contributed by atoms with Crippen molar-refractivity contribution >= 4 is 22.6 Å². The van der Waals surface area contributed by atoms with Gasteiger partial charge in [0.15, 0.2) is 0 Å². The SMILES string of the molecule is O=C(Cn1c(=O)[nH]c(=O)c2ccccc21)N1CCN(c2ccccn2)CC1. The van der Waals surface area contributed by atoms with Crippen LogP contribution in [0.5, 0.6) is 0 Å². The molecule has 3 aromatic rings. The van der Waals surface area contributed by atoms with Crippen LogP contribution >= 0.6 is 0 Å². The number of piperazine rings is 1. The van der Waals surface area contributed by atoms with Gasteiger partial charge in [0, 0.05) is 32.4 Å². The normalized spacial score (nSPS) is 14.5. The van der Waals surface area contributed by atoms with Gasteiger partial charge >= 0.3 is 5.69 Å². The minimum Gasteiger partial charge on any atom is -0.353 e. The van der Waals surface area contributed by atoms with Crippen LogP contribution in [0.25, 0.3) is 10.9 Å². The molecule has 138 valence electrons. The summed E-state index contributed by atoms with van der Waals surface area (Å²) in [6.07, 6.45) is 1.75. The van der Waals surface area contributed by atoms with Gasteiger partial charge in [-0.3, -0.25) is 19.1 Å². The maximum atomic E-state index is 12.7. The fraction of sp³-hybridized carbons (Fsp3) is 0.263. The second-order valence-electron chi connectivity index (χ2n) is 6.42. The lowest BCUT2D eigenvalue weighted by Crippen LogP contribution is -2.50. The lowest BCUT2D eigenvalue weighted by Gasteiger charge is -2.35. The molecule has 8 nitrogen and oxygen atoms in total. The van der Waals surface area contributed by atoms with E-state index in [0.717, 1.165) is 5.82 Å². The Kier molecular flexibility index (Phi) is 4.45. The van der Waals surface area contributed by atoms with Crippen LogP contribution < -0.4 is 16.1 Å². The van der Waals surface area contributed by atoms with Gasteiger partial charge in [0.1, 0.15) is 12.4 Å². The molecule has 3 heterocycles. The van der Waals surface area contributed by atoms with Gasteiger partial charge in [0.05, 0.1) is 10.9 Å². The number of aromatic amines is 1. The predicted octanol–water partition coefficient (Wildman–Crippen LogP) is 0.434. The molecule has 1 fully saturated rings. The van der Waals surface area contributed by atoms with Crippen molar-refractivity contribution < 1.29 is 4.79 Å². The maximum absolute atomic E-state index is 12.7. The van der Waals surface area contributed by atoms with E-state index in [1.807, 2.05) is 18.2 Å². The summed E-state index contributed by atoms with van der Waals surface area (Å²) in [6, 6.07) is 12.5. The second kappa shape index (κ2) is 7.06. The minimum atomic E-state index is -0.570. The van der Waals surface area contributed by atoms with Crippen molar-refractivity contribution in [1.82, 2.24) is 19.4 Å². The molecule has 1 aliphatic rings. The first-order valence-corrected chi connectivity index (χ1v) is 8.79.